The van der Waals surface area contributed by atoms with Crippen LogP contribution in [0.15, 0.2) is 39.8 Å². The smallest absolute Gasteiger partial charge is 0.272 e. The van der Waals surface area contributed by atoms with E-state index in [1.807, 2.05) is 0 Å². The molecule has 0 bridgehead atoms. The largest absolute Gasteiger partial charge is 0.397 e. The van der Waals surface area contributed by atoms with Crippen LogP contribution in [-0.2, 0) is 13.0 Å². The van der Waals surface area contributed by atoms with Gasteiger partial charge >= 0.3 is 0 Å². The number of anilines is 1. The molecule has 0 spiro atoms. The molecule has 2 heterocycles. The molecule has 1 aromatic carbocycles. The molecule has 0 aliphatic heterocycles. The number of aromatic nitrogens is 4. The van der Waals surface area contributed by atoms with Gasteiger partial charge < -0.3 is 15.4 Å². The van der Waals surface area contributed by atoms with Crippen LogP contribution in [0.1, 0.15) is 30.3 Å². The summed E-state index contributed by atoms with van der Waals surface area (Å²) in [5, 5.41) is 18.5. The Morgan fingerprint density at radius 1 is 1.44 bits per heavy atom. The van der Waals surface area contributed by atoms with Crippen LogP contribution in [0.3, 0.4) is 0 Å². The maximum atomic E-state index is 12.1. The lowest BCUT2D eigenvalue weighted by atomic mass is 10.1. The number of hydrogen-bond donors (Lipinski definition) is 2. The van der Waals surface area contributed by atoms with E-state index >= 15 is 0 Å². The molecule has 2 aromatic heterocycles. The molecule has 0 amide bonds. The van der Waals surface area contributed by atoms with Crippen molar-refractivity contribution < 1.29 is 11.0 Å². The predicted molar refractivity (Wildman–Crippen MR) is 91.2 cm³/mol. The van der Waals surface area contributed by atoms with Crippen molar-refractivity contribution in [1.29, 1.82) is 0 Å². The van der Waals surface area contributed by atoms with Gasteiger partial charge in [-0.25, -0.2) is 4.68 Å². The van der Waals surface area contributed by atoms with E-state index in [2.05, 4.69) is 15.2 Å². The van der Waals surface area contributed by atoms with E-state index in [0.717, 1.165) is 4.68 Å². The Morgan fingerprint density at radius 3 is 2.88 bits per heavy atom. The van der Waals surface area contributed by atoms with Crippen LogP contribution in [0.25, 0.3) is 0 Å². The fraction of sp³-hybridized carbons (Fsp3) is 0.250. The summed E-state index contributed by atoms with van der Waals surface area (Å²) in [6.07, 6.45) is -0.767. The van der Waals surface area contributed by atoms with Crippen LogP contribution in [-0.4, -0.2) is 25.0 Å². The van der Waals surface area contributed by atoms with Gasteiger partial charge in [0.15, 0.2) is 5.82 Å². The van der Waals surface area contributed by atoms with Gasteiger partial charge in [0.05, 0.1) is 19.3 Å². The average Bonchev–Trinajstić information content (AvgIpc) is 3.02. The van der Waals surface area contributed by atoms with Crippen molar-refractivity contribution in [2.24, 2.45) is 0 Å². The molecule has 0 fully saturated rings. The summed E-state index contributed by atoms with van der Waals surface area (Å²) in [4.78, 5) is 16.2. The SMILES string of the molecule is [2H]C(O)(Cc1noc(Cn2ncc(N)c(C)c2=O)n1)c1ccc(Cl)cc1. The van der Waals surface area contributed by atoms with Crippen LogP contribution in [0.4, 0.5) is 5.69 Å². The number of nitrogens with zero attached hydrogens (tertiary/aromatic N) is 4. The van der Waals surface area contributed by atoms with Crippen LogP contribution < -0.4 is 11.3 Å². The molecule has 3 N–H and O–H groups in total. The zero-order chi connectivity index (χ0) is 18.9. The molecule has 1 unspecified atom stereocenters. The number of nitrogens with two attached hydrogens (primary N) is 1. The Morgan fingerprint density at radius 2 is 2.16 bits per heavy atom. The predicted octanol–water partition coefficient (Wildman–Crippen LogP) is 1.49. The molecular formula is C16H16ClN5O3. The highest BCUT2D eigenvalue weighted by molar-refractivity contribution is 6.30. The molecule has 130 valence electrons. The zero-order valence-corrected chi connectivity index (χ0v) is 14.1. The summed E-state index contributed by atoms with van der Waals surface area (Å²) in [6, 6.07) is 6.27. The lowest BCUT2D eigenvalue weighted by Gasteiger charge is -2.08. The number of halogens is 1. The number of rotatable bonds is 5. The van der Waals surface area contributed by atoms with Crippen molar-refractivity contribution in [3.05, 3.63) is 68.7 Å². The molecule has 0 saturated carbocycles. The molecule has 3 rings (SSSR count). The van der Waals surface area contributed by atoms with Gasteiger partial charge in [0.25, 0.3) is 5.56 Å². The molecule has 0 aliphatic rings. The van der Waals surface area contributed by atoms with Crippen LogP contribution in [0.5, 0.6) is 0 Å². The van der Waals surface area contributed by atoms with Crippen molar-refractivity contribution in [2.75, 3.05) is 5.73 Å². The summed E-state index contributed by atoms with van der Waals surface area (Å²) in [6.45, 7) is 1.56. The first-order chi connectivity index (χ1) is 12.3. The topological polar surface area (TPSA) is 120 Å². The van der Waals surface area contributed by atoms with E-state index < -0.39 is 6.08 Å². The van der Waals surface area contributed by atoms with Crippen LogP contribution >= 0.6 is 11.6 Å². The van der Waals surface area contributed by atoms with Crippen molar-refractivity contribution in [2.45, 2.75) is 26.0 Å². The van der Waals surface area contributed by atoms with Gasteiger partial charge in [-0.2, -0.15) is 10.1 Å². The lowest BCUT2D eigenvalue weighted by molar-refractivity contribution is 0.174. The quantitative estimate of drug-likeness (QED) is 0.705. The minimum Gasteiger partial charge on any atom is -0.397 e. The van der Waals surface area contributed by atoms with Crippen LogP contribution in [0.2, 0.25) is 5.02 Å². The Hall–Kier alpha value is -2.71. The Labute approximate surface area is 149 Å². The van der Waals surface area contributed by atoms with Gasteiger partial charge in [-0.15, -0.1) is 0 Å². The van der Waals surface area contributed by atoms with E-state index in [-0.39, 0.29) is 30.2 Å². The normalized spacial score (nSPS) is 14.1. The van der Waals surface area contributed by atoms with Crippen molar-refractivity contribution in [3.63, 3.8) is 0 Å². The molecule has 0 radical (unpaired) electrons. The average molecular weight is 363 g/mol. The van der Waals surface area contributed by atoms with E-state index in [1.165, 1.54) is 6.20 Å². The highest BCUT2D eigenvalue weighted by atomic mass is 35.5. The van der Waals surface area contributed by atoms with E-state index in [0.29, 0.717) is 21.8 Å². The highest BCUT2D eigenvalue weighted by Gasteiger charge is 2.15. The number of hydrogen-bond acceptors (Lipinski definition) is 7. The minimum absolute atomic E-state index is 0.0374. The number of benzene rings is 1. The first-order valence-corrected chi connectivity index (χ1v) is 7.76. The fourth-order valence-corrected chi connectivity index (χ4v) is 2.29. The number of nitrogen functional groups attached to an aromatic ring is 1. The van der Waals surface area contributed by atoms with Crippen molar-refractivity contribution >= 4 is 17.3 Å². The molecule has 8 nitrogen and oxygen atoms in total. The standard InChI is InChI=1S/C16H16ClN5O3/c1-9-12(18)7-19-22(16(9)24)8-15-20-14(21-25-15)6-13(23)10-2-4-11(17)5-3-10/h2-5,7,13,23H,6,8,18H2,1H3/i13D. The van der Waals surface area contributed by atoms with Gasteiger partial charge in [-0.05, 0) is 24.6 Å². The monoisotopic (exact) mass is 362 g/mol. The third kappa shape index (κ3) is 3.86. The Kier molecular flexibility index (Phi) is 4.45. The maximum Gasteiger partial charge on any atom is 0.272 e. The molecular weight excluding hydrogens is 346 g/mol. The minimum atomic E-state index is -1.95. The zero-order valence-electron chi connectivity index (χ0n) is 14.3. The molecule has 3 aromatic rings. The summed E-state index contributed by atoms with van der Waals surface area (Å²) < 4.78 is 14.3. The van der Waals surface area contributed by atoms with Crippen LogP contribution in [0, 0.1) is 6.92 Å². The third-order valence-electron chi connectivity index (χ3n) is 3.62. The van der Waals surface area contributed by atoms with Gasteiger partial charge in [0.2, 0.25) is 5.89 Å². The first kappa shape index (κ1) is 15.8. The summed E-state index contributed by atoms with van der Waals surface area (Å²) in [5.74, 6) is 0.262. The molecule has 25 heavy (non-hydrogen) atoms. The summed E-state index contributed by atoms with van der Waals surface area (Å²) in [5.41, 5.74) is 6.31. The second-order valence-electron chi connectivity index (χ2n) is 5.42. The second kappa shape index (κ2) is 7.04. The van der Waals surface area contributed by atoms with E-state index in [1.54, 1.807) is 31.2 Å². The third-order valence-corrected chi connectivity index (χ3v) is 3.87. The first-order valence-electron chi connectivity index (χ1n) is 7.88. The fourth-order valence-electron chi connectivity index (χ4n) is 2.16. The molecule has 9 heteroatoms. The Balaban J connectivity index is 1.77. The van der Waals surface area contributed by atoms with Gasteiger partial charge in [0.1, 0.15) is 6.54 Å². The highest BCUT2D eigenvalue weighted by Crippen LogP contribution is 2.19. The van der Waals surface area contributed by atoms with Gasteiger partial charge in [-0.3, -0.25) is 4.79 Å². The van der Waals surface area contributed by atoms with E-state index in [9.17, 15) is 9.90 Å². The lowest BCUT2D eigenvalue weighted by Crippen LogP contribution is -2.26. The van der Waals surface area contributed by atoms with Crippen molar-refractivity contribution in [3.8, 4) is 0 Å². The molecule has 0 aliphatic carbocycles. The second-order valence-corrected chi connectivity index (χ2v) is 5.86. The van der Waals surface area contributed by atoms with E-state index in [4.69, 9.17) is 23.2 Å². The Bertz CT molecular complexity index is 984. The summed E-state index contributed by atoms with van der Waals surface area (Å²) >= 11 is 5.81. The van der Waals surface area contributed by atoms with Gasteiger partial charge in [0, 0.05) is 17.0 Å². The molecule has 1 atom stereocenters. The summed E-state index contributed by atoms with van der Waals surface area (Å²) in [7, 11) is 0. The van der Waals surface area contributed by atoms with Gasteiger partial charge in [-0.1, -0.05) is 28.9 Å². The maximum absolute atomic E-state index is 12.1. The number of aliphatic hydroxyl groups is 1. The van der Waals surface area contributed by atoms with Crippen molar-refractivity contribution in [1.82, 2.24) is 19.9 Å². The molecule has 0 saturated heterocycles.